The maximum atomic E-state index is 5.70. The molecule has 0 aliphatic carbocycles. The van der Waals surface area contributed by atoms with Crippen molar-refractivity contribution in [2.75, 3.05) is 46.6 Å². The summed E-state index contributed by atoms with van der Waals surface area (Å²) in [6.07, 6.45) is 3.43. The lowest BCUT2D eigenvalue weighted by Gasteiger charge is -2.22. The molecule has 0 radical (unpaired) electrons. The van der Waals surface area contributed by atoms with E-state index in [1.165, 1.54) is 6.42 Å². The molecule has 2 heterocycles. The number of guanidine groups is 1. The molecule has 1 fully saturated rings. The molecule has 1 aliphatic rings. The third-order valence-electron chi connectivity index (χ3n) is 4.74. The Bertz CT molecular complexity index is 566. The number of likely N-dealkylation sites (tertiary alicyclic amines) is 1. The average Bonchev–Trinajstić information content (AvgIpc) is 3.23. The lowest BCUT2D eigenvalue weighted by Crippen LogP contribution is -2.40. The highest BCUT2D eigenvalue weighted by Crippen LogP contribution is 2.17. The molecule has 156 valence electrons. The van der Waals surface area contributed by atoms with Crippen molar-refractivity contribution in [3.05, 3.63) is 11.6 Å². The zero-order valence-electron chi connectivity index (χ0n) is 17.1. The van der Waals surface area contributed by atoms with E-state index in [1.54, 1.807) is 7.11 Å². The van der Waals surface area contributed by atoms with Crippen molar-refractivity contribution in [1.82, 2.24) is 25.0 Å². The Morgan fingerprint density at radius 1 is 1.33 bits per heavy atom. The number of ether oxygens (including phenoxy) is 2. The Balaban J connectivity index is 0.00000364. The van der Waals surface area contributed by atoms with Gasteiger partial charge in [0.2, 0.25) is 0 Å². The lowest BCUT2D eigenvalue weighted by molar-refractivity contribution is 0.0536. The van der Waals surface area contributed by atoms with Gasteiger partial charge in [-0.3, -0.25) is 0 Å². The Labute approximate surface area is 180 Å². The van der Waals surface area contributed by atoms with Crippen LogP contribution in [-0.4, -0.2) is 72.2 Å². The highest BCUT2D eigenvalue weighted by atomic mass is 127. The number of rotatable bonds is 10. The number of methoxy groups -OCH3 is 1. The third kappa shape index (κ3) is 7.90. The highest BCUT2D eigenvalue weighted by molar-refractivity contribution is 14.0. The Kier molecular flexibility index (Phi) is 11.8. The van der Waals surface area contributed by atoms with E-state index >= 15 is 0 Å². The van der Waals surface area contributed by atoms with Crippen LogP contribution in [0.5, 0.6) is 0 Å². The summed E-state index contributed by atoms with van der Waals surface area (Å²) in [6.45, 7) is 9.71. The second-order valence-corrected chi connectivity index (χ2v) is 6.81. The summed E-state index contributed by atoms with van der Waals surface area (Å²) in [5, 5.41) is 11.8. The van der Waals surface area contributed by atoms with Crippen molar-refractivity contribution in [3.8, 4) is 0 Å². The van der Waals surface area contributed by atoms with E-state index in [4.69, 9.17) is 14.5 Å². The largest absolute Gasteiger partial charge is 0.382 e. The molecule has 0 saturated carbocycles. The van der Waals surface area contributed by atoms with Gasteiger partial charge in [-0.1, -0.05) is 13.3 Å². The molecule has 1 saturated heterocycles. The van der Waals surface area contributed by atoms with Gasteiger partial charge in [0.25, 0.3) is 0 Å². The fourth-order valence-electron chi connectivity index (χ4n) is 2.93. The van der Waals surface area contributed by atoms with Crippen molar-refractivity contribution in [1.29, 1.82) is 0 Å². The van der Waals surface area contributed by atoms with E-state index in [2.05, 4.69) is 27.3 Å². The normalized spacial score (nSPS) is 17.3. The van der Waals surface area contributed by atoms with Crippen LogP contribution in [0.4, 0.5) is 0 Å². The number of aryl methyl sites for hydroxylation is 1. The first-order chi connectivity index (χ1) is 12.7. The minimum atomic E-state index is 0. The summed E-state index contributed by atoms with van der Waals surface area (Å²) in [7, 11) is 3.68. The Morgan fingerprint density at radius 2 is 2.15 bits per heavy atom. The van der Waals surface area contributed by atoms with E-state index in [9.17, 15) is 0 Å². The van der Waals surface area contributed by atoms with Gasteiger partial charge in [0.15, 0.2) is 11.8 Å². The van der Waals surface area contributed by atoms with Crippen LogP contribution in [-0.2, 0) is 23.1 Å². The summed E-state index contributed by atoms with van der Waals surface area (Å²) in [4.78, 5) is 7.15. The number of aliphatic imine (C=N–C) groups is 1. The van der Waals surface area contributed by atoms with Crippen molar-refractivity contribution >= 4 is 29.9 Å². The van der Waals surface area contributed by atoms with Crippen LogP contribution in [0.1, 0.15) is 37.8 Å². The molecule has 0 spiro atoms. The minimum absolute atomic E-state index is 0. The van der Waals surface area contributed by atoms with Crippen LogP contribution in [0.3, 0.4) is 0 Å². The van der Waals surface area contributed by atoms with Crippen molar-refractivity contribution < 1.29 is 9.47 Å². The number of halogens is 1. The Morgan fingerprint density at radius 3 is 2.81 bits per heavy atom. The van der Waals surface area contributed by atoms with Crippen LogP contribution < -0.4 is 5.32 Å². The lowest BCUT2D eigenvalue weighted by atomic mass is 10.1. The number of hydrogen-bond donors (Lipinski definition) is 1. The van der Waals surface area contributed by atoms with E-state index < -0.39 is 0 Å². The van der Waals surface area contributed by atoms with Gasteiger partial charge >= 0.3 is 0 Å². The maximum Gasteiger partial charge on any atom is 0.194 e. The molecule has 0 bridgehead atoms. The molecule has 1 aliphatic heterocycles. The highest BCUT2D eigenvalue weighted by Gasteiger charge is 2.25. The van der Waals surface area contributed by atoms with Gasteiger partial charge in [-0.2, -0.15) is 0 Å². The standard InChI is InChI=1S/C18H34N6O2.HI/c1-5-6-8-19-18(20-12-17-22-21-15(2)23(17)3)24-9-7-16(13-24)14-26-11-10-25-4;/h16H,5-14H2,1-4H3,(H,19,20);1H. The molecule has 0 amide bonds. The first-order valence-electron chi connectivity index (χ1n) is 9.60. The van der Waals surface area contributed by atoms with E-state index in [1.807, 2.05) is 18.5 Å². The van der Waals surface area contributed by atoms with Gasteiger partial charge < -0.3 is 24.3 Å². The third-order valence-corrected chi connectivity index (χ3v) is 4.74. The fraction of sp³-hybridized carbons (Fsp3) is 0.833. The van der Waals surface area contributed by atoms with Crippen LogP contribution in [0.2, 0.25) is 0 Å². The molecule has 1 unspecified atom stereocenters. The van der Waals surface area contributed by atoms with Gasteiger partial charge in [-0.05, 0) is 19.8 Å². The summed E-state index contributed by atoms with van der Waals surface area (Å²) in [5.41, 5.74) is 0. The van der Waals surface area contributed by atoms with Gasteiger partial charge in [0.1, 0.15) is 12.4 Å². The molecular formula is C18H35IN6O2. The molecule has 1 N–H and O–H groups in total. The second-order valence-electron chi connectivity index (χ2n) is 6.81. The smallest absolute Gasteiger partial charge is 0.194 e. The molecule has 0 aromatic carbocycles. The summed E-state index contributed by atoms with van der Waals surface area (Å²) >= 11 is 0. The van der Waals surface area contributed by atoms with Crippen LogP contribution >= 0.6 is 24.0 Å². The zero-order valence-corrected chi connectivity index (χ0v) is 19.4. The molecule has 8 nitrogen and oxygen atoms in total. The Hall–Kier alpha value is -0.940. The topological polar surface area (TPSA) is 76.8 Å². The monoisotopic (exact) mass is 494 g/mol. The van der Waals surface area contributed by atoms with Gasteiger partial charge in [0, 0.05) is 39.7 Å². The summed E-state index contributed by atoms with van der Waals surface area (Å²) < 4.78 is 12.7. The predicted molar refractivity (Wildman–Crippen MR) is 118 cm³/mol. The fourth-order valence-corrected chi connectivity index (χ4v) is 2.93. The second kappa shape index (κ2) is 13.3. The van der Waals surface area contributed by atoms with E-state index in [0.29, 0.717) is 25.7 Å². The minimum Gasteiger partial charge on any atom is -0.382 e. The van der Waals surface area contributed by atoms with Crippen molar-refractivity contribution in [2.24, 2.45) is 18.0 Å². The number of nitrogens with zero attached hydrogens (tertiary/aromatic N) is 5. The average molecular weight is 494 g/mol. The maximum absolute atomic E-state index is 5.70. The molecule has 1 aromatic rings. The predicted octanol–water partition coefficient (Wildman–Crippen LogP) is 1.97. The molecule has 2 rings (SSSR count). The summed E-state index contributed by atoms with van der Waals surface area (Å²) in [5.74, 6) is 3.31. The number of aromatic nitrogens is 3. The first-order valence-corrected chi connectivity index (χ1v) is 9.60. The molecule has 9 heteroatoms. The quantitative estimate of drug-likeness (QED) is 0.232. The van der Waals surface area contributed by atoms with Gasteiger partial charge in [-0.25, -0.2) is 4.99 Å². The SMILES string of the molecule is CCCCNC(=NCc1nnc(C)n1C)N1CCC(COCCOC)C1.I. The molecule has 1 atom stereocenters. The van der Waals surface area contributed by atoms with Gasteiger partial charge in [0.05, 0.1) is 19.8 Å². The van der Waals surface area contributed by atoms with Crippen LogP contribution in [0, 0.1) is 12.8 Å². The van der Waals surface area contributed by atoms with Crippen LogP contribution in [0.25, 0.3) is 0 Å². The molecule has 27 heavy (non-hydrogen) atoms. The van der Waals surface area contributed by atoms with Crippen LogP contribution in [0.15, 0.2) is 4.99 Å². The first kappa shape index (κ1) is 24.1. The van der Waals surface area contributed by atoms with Gasteiger partial charge in [-0.15, -0.1) is 34.2 Å². The van der Waals surface area contributed by atoms with E-state index in [-0.39, 0.29) is 24.0 Å². The van der Waals surface area contributed by atoms with Crippen molar-refractivity contribution in [2.45, 2.75) is 39.7 Å². The van der Waals surface area contributed by atoms with Crippen molar-refractivity contribution in [3.63, 3.8) is 0 Å². The number of nitrogens with one attached hydrogen (secondary N) is 1. The number of unbranched alkanes of at least 4 members (excludes halogenated alkanes) is 1. The molecule has 1 aromatic heterocycles. The number of hydrogen-bond acceptors (Lipinski definition) is 5. The molecular weight excluding hydrogens is 459 g/mol. The summed E-state index contributed by atoms with van der Waals surface area (Å²) in [6, 6.07) is 0. The van der Waals surface area contributed by atoms with E-state index in [0.717, 1.165) is 56.7 Å². The zero-order chi connectivity index (χ0) is 18.8.